The van der Waals surface area contributed by atoms with E-state index in [-0.39, 0.29) is 5.91 Å². The molecule has 0 radical (unpaired) electrons. The van der Waals surface area contributed by atoms with Crippen LogP contribution < -0.4 is 10.0 Å². The largest absolute Gasteiger partial charge is 0.618 e. The summed E-state index contributed by atoms with van der Waals surface area (Å²) < 4.78 is 0.799. The minimum Gasteiger partial charge on any atom is -0.618 e. The van der Waals surface area contributed by atoms with Crippen LogP contribution in [0.4, 0.5) is 0 Å². The zero-order chi connectivity index (χ0) is 14.4. The van der Waals surface area contributed by atoms with Gasteiger partial charge in [0.2, 0.25) is 5.91 Å². The third kappa shape index (κ3) is 4.13. The molecule has 1 aliphatic carbocycles. The molecule has 2 atom stereocenters. The Morgan fingerprint density at radius 3 is 3.00 bits per heavy atom. The summed E-state index contributed by atoms with van der Waals surface area (Å²) in [4.78, 5) is 12.0. The van der Waals surface area contributed by atoms with Gasteiger partial charge in [-0.2, -0.15) is 4.73 Å². The van der Waals surface area contributed by atoms with Crippen molar-refractivity contribution in [3.05, 3.63) is 29.6 Å². The molecule has 1 N–H and O–H groups in total. The highest BCUT2D eigenvalue weighted by Crippen LogP contribution is 2.26. The smallest absolute Gasteiger partial charge is 0.251 e. The number of amides is 1. The van der Waals surface area contributed by atoms with Gasteiger partial charge in [0.05, 0.1) is 5.75 Å². The van der Waals surface area contributed by atoms with Gasteiger partial charge in [-0.3, -0.25) is 4.79 Å². The molecule has 0 aliphatic heterocycles. The predicted octanol–water partition coefficient (Wildman–Crippen LogP) is 2.50. The molecule has 1 amide bonds. The molecule has 5 heteroatoms. The van der Waals surface area contributed by atoms with Crippen LogP contribution in [0, 0.1) is 11.1 Å². The van der Waals surface area contributed by atoms with Crippen molar-refractivity contribution >= 4 is 17.7 Å². The molecule has 1 fully saturated rings. The van der Waals surface area contributed by atoms with E-state index < -0.39 is 0 Å². The zero-order valence-corrected chi connectivity index (χ0v) is 12.7. The van der Waals surface area contributed by atoms with Crippen LogP contribution in [0.25, 0.3) is 0 Å². The third-order valence-electron chi connectivity index (χ3n) is 3.92. The number of carbonyl (C=O) groups is 1. The first-order valence-corrected chi connectivity index (χ1v) is 8.29. The van der Waals surface area contributed by atoms with E-state index in [9.17, 15) is 10.0 Å². The van der Waals surface area contributed by atoms with Gasteiger partial charge in [-0.15, -0.1) is 0 Å². The molecule has 1 heterocycles. The highest BCUT2D eigenvalue weighted by atomic mass is 32.2. The number of nitrogens with zero attached hydrogens (tertiary/aromatic N) is 1. The lowest BCUT2D eigenvalue weighted by Gasteiger charge is -2.31. The lowest BCUT2D eigenvalue weighted by Crippen LogP contribution is -2.42. The number of hydrogen-bond donors (Lipinski definition) is 1. The number of hydrogen-bond acceptors (Lipinski definition) is 3. The summed E-state index contributed by atoms with van der Waals surface area (Å²) in [5.74, 6) is 0.946. The van der Waals surface area contributed by atoms with E-state index in [0.29, 0.717) is 22.7 Å². The molecule has 4 nitrogen and oxygen atoms in total. The fraction of sp³-hybridized carbons (Fsp3) is 0.600. The lowest BCUT2D eigenvalue weighted by atomic mass is 9.83. The van der Waals surface area contributed by atoms with Crippen molar-refractivity contribution in [3.63, 3.8) is 0 Å². The van der Waals surface area contributed by atoms with Gasteiger partial charge in [-0.1, -0.05) is 26.2 Å². The molecule has 0 saturated heterocycles. The molecule has 2 rings (SSSR count). The van der Waals surface area contributed by atoms with Gasteiger partial charge in [0.15, 0.2) is 6.20 Å². The fourth-order valence-electron chi connectivity index (χ4n) is 2.80. The van der Waals surface area contributed by atoms with Crippen molar-refractivity contribution < 1.29 is 9.52 Å². The van der Waals surface area contributed by atoms with Gasteiger partial charge in [-0.05, 0) is 36.6 Å². The van der Waals surface area contributed by atoms with Gasteiger partial charge in [0.25, 0.3) is 5.03 Å². The molecule has 1 aliphatic rings. The van der Waals surface area contributed by atoms with E-state index in [1.807, 2.05) is 6.07 Å². The normalized spacial score (nSPS) is 22.4. The summed E-state index contributed by atoms with van der Waals surface area (Å²) >= 11 is 1.29. The van der Waals surface area contributed by atoms with Crippen molar-refractivity contribution in [1.82, 2.24) is 5.32 Å². The van der Waals surface area contributed by atoms with Crippen LogP contribution in [0.1, 0.15) is 39.0 Å². The van der Waals surface area contributed by atoms with E-state index in [1.54, 1.807) is 12.1 Å². The molecular formula is C15H22N2O2S. The quantitative estimate of drug-likeness (QED) is 0.516. The summed E-state index contributed by atoms with van der Waals surface area (Å²) in [6.07, 6.45) is 7.36. The van der Waals surface area contributed by atoms with Gasteiger partial charge >= 0.3 is 0 Å². The first-order chi connectivity index (χ1) is 9.70. The number of rotatable bonds is 5. The molecule has 0 aromatic carbocycles. The maximum Gasteiger partial charge on any atom is 0.251 e. The van der Waals surface area contributed by atoms with Gasteiger partial charge in [0, 0.05) is 18.2 Å². The second-order valence-electron chi connectivity index (χ2n) is 5.28. The Bertz CT molecular complexity index is 453. The van der Waals surface area contributed by atoms with Crippen LogP contribution >= 0.6 is 11.8 Å². The van der Waals surface area contributed by atoms with Gasteiger partial charge < -0.3 is 10.5 Å². The maximum absolute atomic E-state index is 12.0. The summed E-state index contributed by atoms with van der Waals surface area (Å²) in [7, 11) is 0. The van der Waals surface area contributed by atoms with Crippen LogP contribution in [-0.4, -0.2) is 17.7 Å². The maximum atomic E-state index is 12.0. The van der Waals surface area contributed by atoms with E-state index in [1.165, 1.54) is 37.2 Å². The SMILES string of the molecule is CCC1CCCCC1NC(=O)CSc1cccc[n+]1[O-]. The summed E-state index contributed by atoms with van der Waals surface area (Å²) in [5, 5.41) is 15.2. The molecule has 20 heavy (non-hydrogen) atoms. The highest BCUT2D eigenvalue weighted by Gasteiger charge is 2.25. The molecular weight excluding hydrogens is 272 g/mol. The van der Waals surface area contributed by atoms with Crippen molar-refractivity contribution in [2.24, 2.45) is 5.92 Å². The lowest BCUT2D eigenvalue weighted by molar-refractivity contribution is -0.645. The number of nitrogens with one attached hydrogen (secondary N) is 1. The van der Waals surface area contributed by atoms with Crippen LogP contribution in [0.5, 0.6) is 0 Å². The Hall–Kier alpha value is -1.23. The second kappa shape index (κ2) is 7.53. The Kier molecular flexibility index (Phi) is 5.71. The molecule has 1 aromatic heterocycles. The topological polar surface area (TPSA) is 56.0 Å². The van der Waals surface area contributed by atoms with E-state index in [0.717, 1.165) is 17.6 Å². The molecule has 2 unspecified atom stereocenters. The molecule has 1 saturated carbocycles. The van der Waals surface area contributed by atoms with Crippen molar-refractivity contribution in [3.8, 4) is 0 Å². The second-order valence-corrected chi connectivity index (χ2v) is 6.28. The number of aromatic nitrogens is 1. The Labute approximate surface area is 124 Å². The fourth-order valence-corrected chi connectivity index (χ4v) is 3.52. The first-order valence-electron chi connectivity index (χ1n) is 7.31. The Morgan fingerprint density at radius 2 is 2.25 bits per heavy atom. The summed E-state index contributed by atoms with van der Waals surface area (Å²) in [6.45, 7) is 2.19. The summed E-state index contributed by atoms with van der Waals surface area (Å²) in [5.41, 5.74) is 0. The van der Waals surface area contributed by atoms with Crippen molar-refractivity contribution in [2.75, 3.05) is 5.75 Å². The van der Waals surface area contributed by atoms with Crippen LogP contribution in [0.3, 0.4) is 0 Å². The van der Waals surface area contributed by atoms with Crippen molar-refractivity contribution in [1.29, 1.82) is 0 Å². The average molecular weight is 294 g/mol. The average Bonchev–Trinajstić information content (AvgIpc) is 2.47. The molecule has 0 spiro atoms. The van der Waals surface area contributed by atoms with Gasteiger partial charge in [0.1, 0.15) is 0 Å². The summed E-state index contributed by atoms with van der Waals surface area (Å²) in [6, 6.07) is 5.55. The number of thioether (sulfide) groups is 1. The molecule has 110 valence electrons. The monoisotopic (exact) mass is 294 g/mol. The van der Waals surface area contributed by atoms with E-state index in [4.69, 9.17) is 0 Å². The van der Waals surface area contributed by atoms with Crippen LogP contribution in [-0.2, 0) is 4.79 Å². The number of carbonyl (C=O) groups excluding carboxylic acids is 1. The highest BCUT2D eigenvalue weighted by molar-refractivity contribution is 7.99. The number of pyridine rings is 1. The van der Waals surface area contributed by atoms with Crippen LogP contribution in [0.2, 0.25) is 0 Å². The third-order valence-corrected chi connectivity index (χ3v) is 4.94. The van der Waals surface area contributed by atoms with Crippen molar-refractivity contribution in [2.45, 2.75) is 50.1 Å². The van der Waals surface area contributed by atoms with Crippen LogP contribution in [0.15, 0.2) is 29.4 Å². The predicted molar refractivity (Wildman–Crippen MR) is 80.3 cm³/mol. The van der Waals surface area contributed by atoms with E-state index >= 15 is 0 Å². The minimum atomic E-state index is 0.0317. The molecule has 0 bridgehead atoms. The minimum absolute atomic E-state index is 0.0317. The first kappa shape index (κ1) is 15.2. The molecule has 1 aromatic rings. The standard InChI is InChI=1S/C15H22N2O2S/c1-2-12-7-3-4-8-13(12)16-14(18)11-20-15-9-5-6-10-17(15)19/h5-6,9-10,12-13H,2-4,7-8,11H2,1H3,(H,16,18). The van der Waals surface area contributed by atoms with E-state index in [2.05, 4.69) is 12.2 Å². The van der Waals surface area contributed by atoms with Gasteiger partial charge in [-0.25, -0.2) is 0 Å². The Morgan fingerprint density at radius 1 is 1.45 bits per heavy atom. The Balaban J connectivity index is 1.82. The zero-order valence-electron chi connectivity index (χ0n) is 11.9.